The maximum atomic E-state index is 13.8. The monoisotopic (exact) mass is 494 g/mol. The van der Waals surface area contributed by atoms with Crippen molar-refractivity contribution in [1.82, 2.24) is 9.80 Å². The minimum atomic E-state index is -0.218. The van der Waals surface area contributed by atoms with Gasteiger partial charge in [-0.25, -0.2) is 0 Å². The van der Waals surface area contributed by atoms with Crippen molar-refractivity contribution < 1.29 is 9.53 Å². The van der Waals surface area contributed by atoms with Crippen molar-refractivity contribution in [3.63, 3.8) is 0 Å². The molecule has 37 heavy (non-hydrogen) atoms. The van der Waals surface area contributed by atoms with Crippen molar-refractivity contribution in [1.29, 1.82) is 0 Å². The molecule has 6 heterocycles. The van der Waals surface area contributed by atoms with Crippen LogP contribution in [0.2, 0.25) is 0 Å². The summed E-state index contributed by atoms with van der Waals surface area (Å²) in [6, 6.07) is 15.7. The molecule has 2 unspecified atom stereocenters. The van der Waals surface area contributed by atoms with E-state index in [1.54, 1.807) is 6.08 Å². The van der Waals surface area contributed by atoms with Crippen molar-refractivity contribution in [2.24, 2.45) is 0 Å². The number of carbonyl (C=O) groups excluding carboxylic acids is 1. The molecule has 2 bridgehead atoms. The van der Waals surface area contributed by atoms with E-state index in [1.165, 1.54) is 28.1 Å². The van der Waals surface area contributed by atoms with Gasteiger partial charge in [0.1, 0.15) is 12.3 Å². The number of carbonyl (C=O) groups is 1. The molecule has 6 aliphatic rings. The molecule has 2 N–H and O–H groups in total. The number of rotatable bonds is 3. The van der Waals surface area contributed by atoms with Crippen LogP contribution in [0.1, 0.15) is 56.3 Å². The highest BCUT2D eigenvalue weighted by atomic mass is 16.6. The number of hydrogen-bond acceptors (Lipinski definition) is 5. The van der Waals surface area contributed by atoms with Crippen LogP contribution in [0.3, 0.4) is 0 Å². The molecule has 2 spiro atoms. The van der Waals surface area contributed by atoms with E-state index >= 15 is 0 Å². The number of hydrogen-bond donors (Lipinski definition) is 2. The number of nitrogens with one attached hydrogen (secondary N) is 2. The van der Waals surface area contributed by atoms with Crippen LogP contribution < -0.4 is 10.6 Å². The molecule has 3 saturated heterocycles. The highest BCUT2D eigenvalue weighted by molar-refractivity contribution is 5.89. The molecule has 0 aromatic heterocycles. The lowest BCUT2D eigenvalue weighted by atomic mass is 9.50. The predicted octanol–water partition coefficient (Wildman–Crippen LogP) is 4.67. The van der Waals surface area contributed by atoms with E-state index in [-0.39, 0.29) is 46.8 Å². The zero-order valence-electron chi connectivity index (χ0n) is 21.7. The van der Waals surface area contributed by atoms with Crippen LogP contribution in [0.4, 0.5) is 11.4 Å². The Morgan fingerprint density at radius 3 is 2.57 bits per heavy atom. The zero-order chi connectivity index (χ0) is 25.2. The Bertz CT molecular complexity index is 1400. The summed E-state index contributed by atoms with van der Waals surface area (Å²) in [5.41, 5.74) is 6.09. The van der Waals surface area contributed by atoms with Crippen LogP contribution in [-0.4, -0.2) is 52.8 Å². The van der Waals surface area contributed by atoms with Crippen molar-refractivity contribution in [3.05, 3.63) is 83.5 Å². The van der Waals surface area contributed by atoms with Gasteiger partial charge in [0.25, 0.3) is 0 Å². The summed E-state index contributed by atoms with van der Waals surface area (Å²) in [7, 11) is 0. The molecule has 6 aliphatic heterocycles. The van der Waals surface area contributed by atoms with Crippen LogP contribution in [0.5, 0.6) is 0 Å². The molecular formula is C31H34N4O2. The van der Waals surface area contributed by atoms with Gasteiger partial charge in [-0.15, -0.1) is 0 Å². The molecule has 2 aromatic rings. The summed E-state index contributed by atoms with van der Waals surface area (Å²) >= 11 is 0. The first kappa shape index (κ1) is 21.9. The van der Waals surface area contributed by atoms with Crippen LogP contribution in [0, 0.1) is 0 Å². The molecule has 0 saturated carbocycles. The Kier molecular flexibility index (Phi) is 4.19. The third-order valence-electron chi connectivity index (χ3n) is 10.2. The number of ether oxygens (including phenoxy) is 1. The molecule has 7 atom stereocenters. The fourth-order valence-electron chi connectivity index (χ4n) is 8.94. The number of epoxide rings is 1. The van der Waals surface area contributed by atoms with Gasteiger partial charge in [0, 0.05) is 36.0 Å². The number of nitrogens with zero attached hydrogens (tertiary/aromatic N) is 2. The molecule has 6 nitrogen and oxygen atoms in total. The van der Waals surface area contributed by atoms with Crippen molar-refractivity contribution >= 4 is 17.3 Å². The Balaban J connectivity index is 1.42. The fraction of sp³-hybridized carbons (Fsp3) is 0.452. The highest BCUT2D eigenvalue weighted by Gasteiger charge is 2.76. The van der Waals surface area contributed by atoms with Crippen LogP contribution in [0.15, 0.2) is 66.8 Å². The largest absolute Gasteiger partial charge is 0.365 e. The second kappa shape index (κ2) is 7.06. The lowest BCUT2D eigenvalue weighted by Gasteiger charge is -2.61. The second-order valence-corrected chi connectivity index (χ2v) is 12.1. The maximum Gasteiger partial charge on any atom is 0.247 e. The van der Waals surface area contributed by atoms with Crippen LogP contribution in [-0.2, 0) is 20.4 Å². The van der Waals surface area contributed by atoms with E-state index in [0.29, 0.717) is 0 Å². The molecule has 2 aromatic carbocycles. The third-order valence-corrected chi connectivity index (χ3v) is 10.2. The topological polar surface area (TPSA) is 60.1 Å². The van der Waals surface area contributed by atoms with Crippen molar-refractivity contribution in [3.8, 4) is 0 Å². The minimum absolute atomic E-state index is 0.0418. The number of amides is 1. The SMILES string of the molecule is C/C=C/C=C/C(=O)N1CC[C@@]23c4ccccc4N[C@@H]4Nc5cccc6c5C42CCN([C@@H]13)[C@@H]6[C@H]1OC1(C)C. The van der Waals surface area contributed by atoms with E-state index in [9.17, 15) is 4.79 Å². The zero-order valence-corrected chi connectivity index (χ0v) is 21.7. The summed E-state index contributed by atoms with van der Waals surface area (Å²) in [6.07, 6.45) is 9.67. The Hall–Kier alpha value is -3.09. The summed E-state index contributed by atoms with van der Waals surface area (Å²) in [6.45, 7) is 8.07. The lowest BCUT2D eigenvalue weighted by Crippen LogP contribution is -2.72. The Labute approximate surface area is 218 Å². The van der Waals surface area contributed by atoms with E-state index in [4.69, 9.17) is 4.74 Å². The van der Waals surface area contributed by atoms with E-state index in [0.717, 1.165) is 25.9 Å². The molecule has 1 amide bonds. The minimum Gasteiger partial charge on any atom is -0.365 e. The van der Waals surface area contributed by atoms with Gasteiger partial charge in [-0.3, -0.25) is 9.69 Å². The summed E-state index contributed by atoms with van der Waals surface area (Å²) < 4.78 is 6.40. The second-order valence-electron chi connectivity index (χ2n) is 12.1. The highest BCUT2D eigenvalue weighted by Crippen LogP contribution is 2.71. The van der Waals surface area contributed by atoms with Gasteiger partial charge in [-0.1, -0.05) is 48.6 Å². The molecular weight excluding hydrogens is 460 g/mol. The van der Waals surface area contributed by atoms with Crippen molar-refractivity contribution in [2.75, 3.05) is 23.7 Å². The van der Waals surface area contributed by atoms with Crippen LogP contribution in [0.25, 0.3) is 0 Å². The summed E-state index contributed by atoms with van der Waals surface area (Å²) in [4.78, 5) is 18.7. The first-order chi connectivity index (χ1) is 17.9. The van der Waals surface area contributed by atoms with Gasteiger partial charge in [0.15, 0.2) is 0 Å². The van der Waals surface area contributed by atoms with Gasteiger partial charge in [0.05, 0.1) is 23.2 Å². The Morgan fingerprint density at radius 1 is 1.00 bits per heavy atom. The number of anilines is 2. The van der Waals surface area contributed by atoms with E-state index < -0.39 is 0 Å². The average molecular weight is 495 g/mol. The number of fused-ring (bicyclic) bond motifs is 1. The quantitative estimate of drug-likeness (QED) is 0.369. The molecule has 0 aliphatic carbocycles. The number of likely N-dealkylation sites (tertiary alicyclic amines) is 1. The first-order valence-electron chi connectivity index (χ1n) is 13.7. The van der Waals surface area contributed by atoms with Gasteiger partial charge in [0.2, 0.25) is 5.91 Å². The Morgan fingerprint density at radius 2 is 1.76 bits per heavy atom. The number of benzene rings is 2. The summed E-state index contributed by atoms with van der Waals surface area (Å²) in [5.74, 6) is 0.0986. The third kappa shape index (κ3) is 2.47. The van der Waals surface area contributed by atoms with Gasteiger partial charge >= 0.3 is 0 Å². The van der Waals surface area contributed by atoms with Gasteiger partial charge in [-0.05, 0) is 62.4 Å². The molecule has 190 valence electrons. The molecule has 0 radical (unpaired) electrons. The predicted molar refractivity (Wildman–Crippen MR) is 144 cm³/mol. The smallest absolute Gasteiger partial charge is 0.247 e. The lowest BCUT2D eigenvalue weighted by molar-refractivity contribution is -0.137. The summed E-state index contributed by atoms with van der Waals surface area (Å²) in [5, 5.41) is 7.85. The number of allylic oxidation sites excluding steroid dienone is 3. The fourth-order valence-corrected chi connectivity index (χ4v) is 8.94. The standard InChI is InChI=1S/C31H34N4O2/c1-4-5-6-14-23(36)34-17-15-30-20-11-7-8-12-21(20)32-27-31(30)16-18-35(28(30)34)25(26-29(2,3)37-26)19-10-9-13-22(33-27)24(19)31/h4-14,25-28,32-33H,15-18H2,1-3H3/b5-4+,14-6+/t25-,26+,27+,28+,30-,31?/m0/s1. The van der Waals surface area contributed by atoms with Gasteiger partial charge in [-0.2, -0.15) is 0 Å². The molecule has 8 rings (SSSR count). The van der Waals surface area contributed by atoms with Crippen molar-refractivity contribution in [2.45, 2.75) is 74.5 Å². The van der Waals surface area contributed by atoms with Gasteiger partial charge < -0.3 is 20.3 Å². The average Bonchev–Trinajstić information content (AvgIpc) is 3.24. The number of piperidine rings is 1. The molecule has 6 heteroatoms. The maximum absolute atomic E-state index is 13.8. The van der Waals surface area contributed by atoms with Crippen LogP contribution >= 0.6 is 0 Å². The normalized spacial score (nSPS) is 39.1. The first-order valence-corrected chi connectivity index (χ1v) is 13.7. The van der Waals surface area contributed by atoms with E-state index in [1.807, 2.05) is 25.2 Å². The molecule has 3 fully saturated rings. The number of para-hydroxylation sites is 1. The van der Waals surface area contributed by atoms with E-state index in [2.05, 4.69) is 76.7 Å².